The summed E-state index contributed by atoms with van der Waals surface area (Å²) in [6.07, 6.45) is 0.0246. The van der Waals surface area contributed by atoms with Crippen LogP contribution in [0.15, 0.2) is 21.3 Å². The number of hydrogen-bond acceptors (Lipinski definition) is 5. The number of carbonyl (C=O) groups excluding carboxylic acids is 1. The quantitative estimate of drug-likeness (QED) is 0.680. The smallest absolute Gasteiger partial charge is 0.340 e. The first-order valence-corrected chi connectivity index (χ1v) is 8.38. The van der Waals surface area contributed by atoms with E-state index in [1.54, 1.807) is 19.9 Å². The van der Waals surface area contributed by atoms with Crippen molar-refractivity contribution in [1.82, 2.24) is 5.32 Å². The van der Waals surface area contributed by atoms with E-state index in [4.69, 9.17) is 4.42 Å². The van der Waals surface area contributed by atoms with Gasteiger partial charge in [0.15, 0.2) is 0 Å². The summed E-state index contributed by atoms with van der Waals surface area (Å²) < 4.78 is 5.29. The lowest BCUT2D eigenvalue weighted by atomic mass is 10.0. The molecule has 1 aromatic heterocycles. The van der Waals surface area contributed by atoms with Crippen LogP contribution in [0.5, 0.6) is 5.75 Å². The fraction of sp³-hybridized carbons (Fsp3) is 0.421. The number of carbonyl (C=O) groups is 2. The Morgan fingerprint density at radius 3 is 2.42 bits per heavy atom. The van der Waals surface area contributed by atoms with E-state index in [0.717, 1.165) is 0 Å². The molecule has 140 valence electrons. The minimum Gasteiger partial charge on any atom is -0.508 e. The molecule has 1 heterocycles. The number of benzene rings is 1. The summed E-state index contributed by atoms with van der Waals surface area (Å²) in [4.78, 5) is 35.9. The van der Waals surface area contributed by atoms with Gasteiger partial charge in [-0.05, 0) is 43.9 Å². The van der Waals surface area contributed by atoms with E-state index in [2.05, 4.69) is 5.32 Å². The standard InChI is InChI=1S/C19H23NO6/c1-9(2)7-14(18(23)24)20-16(22)8-13-10(3)12-5-6-15(21)11(4)17(12)26-19(13)25/h5-6,9,14,21H,7-8H2,1-4H3,(H,20,22)(H,23,24)/t14-/m1/s1. The van der Waals surface area contributed by atoms with Crippen LogP contribution in [-0.2, 0) is 16.0 Å². The Morgan fingerprint density at radius 1 is 1.19 bits per heavy atom. The van der Waals surface area contributed by atoms with E-state index < -0.39 is 23.5 Å². The van der Waals surface area contributed by atoms with Gasteiger partial charge in [0.1, 0.15) is 17.4 Å². The second kappa shape index (κ2) is 7.59. The number of nitrogens with one attached hydrogen (secondary N) is 1. The average Bonchev–Trinajstić information content (AvgIpc) is 2.54. The Labute approximate surface area is 150 Å². The van der Waals surface area contributed by atoms with Gasteiger partial charge in [-0.15, -0.1) is 0 Å². The molecule has 26 heavy (non-hydrogen) atoms. The number of aliphatic carboxylic acids is 1. The van der Waals surface area contributed by atoms with E-state index >= 15 is 0 Å². The molecule has 0 fully saturated rings. The molecule has 0 aliphatic carbocycles. The molecule has 7 nitrogen and oxygen atoms in total. The van der Waals surface area contributed by atoms with E-state index in [9.17, 15) is 24.6 Å². The van der Waals surface area contributed by atoms with Gasteiger partial charge in [-0.3, -0.25) is 4.79 Å². The molecule has 0 saturated heterocycles. The molecule has 0 saturated carbocycles. The lowest BCUT2D eigenvalue weighted by Crippen LogP contribution is -2.42. The normalized spacial score (nSPS) is 12.3. The van der Waals surface area contributed by atoms with Crippen molar-refractivity contribution in [1.29, 1.82) is 0 Å². The van der Waals surface area contributed by atoms with Gasteiger partial charge in [0.2, 0.25) is 5.91 Å². The summed E-state index contributed by atoms with van der Waals surface area (Å²) in [7, 11) is 0. The van der Waals surface area contributed by atoms with Crippen LogP contribution in [0.25, 0.3) is 11.0 Å². The fourth-order valence-electron chi connectivity index (χ4n) is 2.88. The van der Waals surface area contributed by atoms with Gasteiger partial charge in [0.25, 0.3) is 0 Å². The first-order chi connectivity index (χ1) is 12.1. The van der Waals surface area contributed by atoms with E-state index in [0.29, 0.717) is 22.9 Å². The second-order valence-electron chi connectivity index (χ2n) is 6.84. The van der Waals surface area contributed by atoms with Crippen LogP contribution in [0.3, 0.4) is 0 Å². The van der Waals surface area contributed by atoms with Gasteiger partial charge >= 0.3 is 11.6 Å². The summed E-state index contributed by atoms with van der Waals surface area (Å²) in [6, 6.07) is 2.11. The highest BCUT2D eigenvalue weighted by molar-refractivity contribution is 5.88. The number of aromatic hydroxyl groups is 1. The Bertz CT molecular complexity index is 912. The number of phenolic OH excluding ortho intramolecular Hbond substituents is 1. The van der Waals surface area contributed by atoms with Crippen LogP contribution in [-0.4, -0.2) is 28.1 Å². The largest absolute Gasteiger partial charge is 0.508 e. The molecule has 0 radical (unpaired) electrons. The van der Waals surface area contributed by atoms with Gasteiger partial charge in [-0.25, -0.2) is 9.59 Å². The number of aryl methyl sites for hydroxylation is 2. The van der Waals surface area contributed by atoms with Crippen molar-refractivity contribution in [2.45, 2.75) is 46.6 Å². The highest BCUT2D eigenvalue weighted by atomic mass is 16.4. The van der Waals surface area contributed by atoms with Gasteiger partial charge < -0.3 is 19.9 Å². The van der Waals surface area contributed by atoms with Crippen molar-refractivity contribution in [3.05, 3.63) is 39.2 Å². The Morgan fingerprint density at radius 2 is 1.85 bits per heavy atom. The van der Waals surface area contributed by atoms with Crippen LogP contribution in [0.1, 0.15) is 37.0 Å². The molecule has 0 spiro atoms. The van der Waals surface area contributed by atoms with Crippen molar-refractivity contribution in [2.24, 2.45) is 5.92 Å². The first-order valence-electron chi connectivity index (χ1n) is 8.38. The zero-order valence-corrected chi connectivity index (χ0v) is 15.3. The number of carboxylic acids is 1. The minimum absolute atomic E-state index is 0.0172. The lowest BCUT2D eigenvalue weighted by molar-refractivity contribution is -0.142. The molecule has 1 amide bonds. The molecule has 7 heteroatoms. The number of phenols is 1. The number of rotatable bonds is 6. The van der Waals surface area contributed by atoms with Crippen molar-refractivity contribution in [2.75, 3.05) is 0 Å². The monoisotopic (exact) mass is 361 g/mol. The van der Waals surface area contributed by atoms with Crippen LogP contribution in [0.2, 0.25) is 0 Å². The molecule has 0 aliphatic heterocycles. The zero-order valence-electron chi connectivity index (χ0n) is 15.3. The molecule has 1 aromatic carbocycles. The fourth-order valence-corrected chi connectivity index (χ4v) is 2.88. The van der Waals surface area contributed by atoms with Gasteiger partial charge in [0.05, 0.1) is 12.0 Å². The van der Waals surface area contributed by atoms with E-state index in [-0.39, 0.29) is 29.2 Å². The molecule has 1 atom stereocenters. The Balaban J connectivity index is 2.33. The number of hydrogen-bond donors (Lipinski definition) is 3. The molecule has 0 unspecified atom stereocenters. The van der Waals surface area contributed by atoms with Gasteiger partial charge in [0, 0.05) is 10.9 Å². The summed E-state index contributed by atoms with van der Waals surface area (Å²) in [6.45, 7) is 7.06. The topological polar surface area (TPSA) is 117 Å². The highest BCUT2D eigenvalue weighted by Crippen LogP contribution is 2.28. The summed E-state index contributed by atoms with van der Waals surface area (Å²) in [5.41, 5.74) is 0.801. The maximum absolute atomic E-state index is 12.3. The van der Waals surface area contributed by atoms with E-state index in [1.807, 2.05) is 13.8 Å². The third kappa shape index (κ3) is 4.04. The van der Waals surface area contributed by atoms with Crippen LogP contribution in [0.4, 0.5) is 0 Å². The van der Waals surface area contributed by atoms with Crippen molar-refractivity contribution in [3.8, 4) is 5.75 Å². The molecule has 0 bridgehead atoms. The van der Waals surface area contributed by atoms with Crippen LogP contribution >= 0.6 is 0 Å². The molecule has 2 aromatic rings. The Kier molecular flexibility index (Phi) is 5.69. The third-order valence-corrected chi connectivity index (χ3v) is 4.35. The van der Waals surface area contributed by atoms with E-state index in [1.165, 1.54) is 6.07 Å². The predicted molar refractivity (Wildman–Crippen MR) is 96.3 cm³/mol. The number of amides is 1. The molecule has 2 rings (SSSR count). The molecular weight excluding hydrogens is 338 g/mol. The van der Waals surface area contributed by atoms with Crippen molar-refractivity contribution < 1.29 is 24.2 Å². The Hall–Kier alpha value is -2.83. The average molecular weight is 361 g/mol. The number of fused-ring (bicyclic) bond motifs is 1. The second-order valence-corrected chi connectivity index (χ2v) is 6.84. The van der Waals surface area contributed by atoms with Crippen molar-refractivity contribution in [3.63, 3.8) is 0 Å². The first kappa shape index (κ1) is 19.5. The van der Waals surface area contributed by atoms with Crippen molar-refractivity contribution >= 4 is 22.8 Å². The molecule has 0 aliphatic rings. The van der Waals surface area contributed by atoms with Crippen LogP contribution < -0.4 is 10.9 Å². The highest BCUT2D eigenvalue weighted by Gasteiger charge is 2.23. The van der Waals surface area contributed by atoms with Gasteiger partial charge in [-0.1, -0.05) is 13.8 Å². The summed E-state index contributed by atoms with van der Waals surface area (Å²) >= 11 is 0. The SMILES string of the molecule is Cc1c(CC(=O)N[C@H](CC(C)C)C(=O)O)c(=O)oc2c(C)c(O)ccc12. The predicted octanol–water partition coefficient (Wildman–Crippen LogP) is 2.27. The minimum atomic E-state index is -1.11. The maximum Gasteiger partial charge on any atom is 0.340 e. The maximum atomic E-state index is 12.3. The molecule has 3 N–H and O–H groups in total. The van der Waals surface area contributed by atoms with Crippen LogP contribution in [0, 0.1) is 19.8 Å². The molecular formula is C19H23NO6. The zero-order chi connectivity index (χ0) is 19.6. The third-order valence-electron chi connectivity index (χ3n) is 4.35. The van der Waals surface area contributed by atoms with Gasteiger partial charge in [-0.2, -0.15) is 0 Å². The summed E-state index contributed by atoms with van der Waals surface area (Å²) in [5.74, 6) is -1.55. The lowest BCUT2D eigenvalue weighted by Gasteiger charge is -2.17. The number of carboxylic acid groups (broad SMARTS) is 1. The summed E-state index contributed by atoms with van der Waals surface area (Å²) in [5, 5.41) is 22.1.